The average Bonchev–Trinajstić information content (AvgIpc) is 3.39. The number of pyridine rings is 1. The van der Waals surface area contributed by atoms with Crippen LogP contribution in [0.1, 0.15) is 44.5 Å². The number of aromatic nitrogens is 1. The zero-order valence-corrected chi connectivity index (χ0v) is 31.1. The van der Waals surface area contributed by atoms with Crippen LogP contribution in [0.5, 0.6) is 0 Å². The molecule has 0 unspecified atom stereocenters. The van der Waals surface area contributed by atoms with Gasteiger partial charge in [-0.25, -0.2) is 13.2 Å². The molecule has 3 aromatic carbocycles. The fourth-order valence-electron chi connectivity index (χ4n) is 6.47. The van der Waals surface area contributed by atoms with Gasteiger partial charge in [-0.05, 0) is 53.6 Å². The van der Waals surface area contributed by atoms with Crippen LogP contribution >= 0.6 is 0 Å². The van der Waals surface area contributed by atoms with Crippen LogP contribution in [-0.4, -0.2) is 99.7 Å². The van der Waals surface area contributed by atoms with E-state index in [0.29, 0.717) is 11.3 Å². The fraction of sp³-hybridized carbons (Fsp3) is 0.359. The maximum Gasteiger partial charge on any atom is 0.328 e. The highest BCUT2D eigenvalue weighted by molar-refractivity contribution is 7.89. The molecule has 4 aromatic rings. The van der Waals surface area contributed by atoms with E-state index in [-0.39, 0.29) is 43.4 Å². The Morgan fingerprint density at radius 2 is 1.62 bits per heavy atom. The summed E-state index contributed by atoms with van der Waals surface area (Å²) in [4.78, 5) is 48.1. The van der Waals surface area contributed by atoms with Crippen LogP contribution in [0.15, 0.2) is 101 Å². The number of hydrogen-bond donors (Lipinski definition) is 3. The first-order chi connectivity index (χ1) is 25.3. The summed E-state index contributed by atoms with van der Waals surface area (Å²) >= 11 is 0. The first-order valence-electron chi connectivity index (χ1n) is 17.5. The summed E-state index contributed by atoms with van der Waals surface area (Å²) in [7, 11) is -4.11. The van der Waals surface area contributed by atoms with Crippen molar-refractivity contribution in [3.8, 4) is 0 Å². The van der Waals surface area contributed by atoms with Crippen LogP contribution < -0.4 is 5.32 Å². The number of oxime groups is 1. The number of benzene rings is 3. The van der Waals surface area contributed by atoms with Gasteiger partial charge < -0.3 is 20.5 Å². The lowest BCUT2D eigenvalue weighted by Crippen LogP contribution is -2.57. The topological polar surface area (TPSA) is 173 Å². The molecule has 1 aliphatic heterocycles. The summed E-state index contributed by atoms with van der Waals surface area (Å²) in [6.45, 7) is 6.65. The molecule has 5 rings (SSSR count). The summed E-state index contributed by atoms with van der Waals surface area (Å²) in [5.41, 5.74) is 2.55. The van der Waals surface area contributed by atoms with Crippen LogP contribution in [0, 0.1) is 11.8 Å². The van der Waals surface area contributed by atoms with E-state index in [4.69, 9.17) is 5.21 Å². The predicted octanol–water partition coefficient (Wildman–Crippen LogP) is 4.27. The second kappa shape index (κ2) is 17.1. The molecular weight excluding hydrogens is 697 g/mol. The number of rotatable bonds is 16. The Kier molecular flexibility index (Phi) is 12.6. The van der Waals surface area contributed by atoms with Gasteiger partial charge in [0.2, 0.25) is 15.9 Å². The predicted molar refractivity (Wildman–Crippen MR) is 201 cm³/mol. The van der Waals surface area contributed by atoms with Gasteiger partial charge in [-0.2, -0.15) is 4.31 Å². The van der Waals surface area contributed by atoms with Gasteiger partial charge in [-0.1, -0.05) is 99.6 Å². The van der Waals surface area contributed by atoms with Crippen molar-refractivity contribution in [1.29, 1.82) is 0 Å². The average molecular weight is 743 g/mol. The van der Waals surface area contributed by atoms with E-state index in [1.165, 1.54) is 39.7 Å². The normalized spacial score (nSPS) is 15.6. The number of imide groups is 1. The Hall–Kier alpha value is -5.18. The molecule has 0 aliphatic carbocycles. The molecule has 1 saturated heterocycles. The summed E-state index contributed by atoms with van der Waals surface area (Å²) in [5.74, 6) is -1.56. The van der Waals surface area contributed by atoms with Crippen LogP contribution in [0.25, 0.3) is 10.9 Å². The molecule has 1 aromatic heterocycles. The van der Waals surface area contributed by atoms with E-state index in [1.54, 1.807) is 19.9 Å². The Balaban J connectivity index is 1.38. The number of aliphatic hydroxyl groups excluding tert-OH is 1. The third-order valence-electron chi connectivity index (χ3n) is 9.07. The molecule has 280 valence electrons. The van der Waals surface area contributed by atoms with Gasteiger partial charge in [0.25, 0.3) is 5.91 Å². The van der Waals surface area contributed by atoms with Crippen LogP contribution in [0.4, 0.5) is 4.79 Å². The molecule has 3 N–H and O–H groups in total. The van der Waals surface area contributed by atoms with Gasteiger partial charge in [0.1, 0.15) is 12.6 Å². The first kappa shape index (κ1) is 39.0. The smallest absolute Gasteiger partial charge is 0.328 e. The molecule has 0 saturated carbocycles. The maximum absolute atomic E-state index is 14.2. The van der Waals surface area contributed by atoms with Gasteiger partial charge in [0, 0.05) is 18.5 Å². The first-order valence-corrected chi connectivity index (χ1v) is 19.0. The molecule has 2 heterocycles. The van der Waals surface area contributed by atoms with Crippen molar-refractivity contribution in [2.24, 2.45) is 17.0 Å². The van der Waals surface area contributed by atoms with Gasteiger partial charge in [-0.15, -0.1) is 0 Å². The number of aliphatic hydroxyl groups is 1. The molecule has 14 heteroatoms. The molecule has 1 fully saturated rings. The molecule has 0 spiro atoms. The Bertz CT molecular complexity index is 2040. The lowest BCUT2D eigenvalue weighted by Gasteiger charge is -2.34. The van der Waals surface area contributed by atoms with Crippen molar-refractivity contribution in [3.05, 3.63) is 108 Å². The summed E-state index contributed by atoms with van der Waals surface area (Å²) in [6, 6.07) is 23.5. The van der Waals surface area contributed by atoms with Crippen molar-refractivity contribution < 1.29 is 33.1 Å². The summed E-state index contributed by atoms with van der Waals surface area (Å²) in [6.07, 6.45) is -0.0261. The SMILES string of the molecule is CC(C)CN(C[C@@H](O)[C@H](Cc1ccccc1)NC(=O)[C@H](C(C)C)N1CC(=O)N(Cc2ccc3ccccc3n2)C1=O)S(=O)(=O)c1ccc(C=NO)cc1. The highest BCUT2D eigenvalue weighted by Gasteiger charge is 2.44. The number of fused-ring (bicyclic) bond motifs is 1. The van der Waals surface area contributed by atoms with E-state index >= 15 is 0 Å². The summed E-state index contributed by atoms with van der Waals surface area (Å²) in [5, 5.41) is 27.5. The van der Waals surface area contributed by atoms with Crippen LogP contribution in [0.2, 0.25) is 0 Å². The van der Waals surface area contributed by atoms with E-state index in [1.807, 2.05) is 74.5 Å². The Morgan fingerprint density at radius 3 is 2.28 bits per heavy atom. The second-order valence-electron chi connectivity index (χ2n) is 14.0. The molecule has 0 radical (unpaired) electrons. The monoisotopic (exact) mass is 742 g/mol. The standard InChI is InChI=1S/C39H46N6O7S/c1-26(2)22-43(53(51,52)32-18-14-29(15-19-32)21-40-50)24-35(46)34(20-28-10-6-5-7-11-28)42-38(48)37(27(3)4)45-25-36(47)44(39(45)49)23-31-17-16-30-12-8-9-13-33(30)41-31/h5-19,21,26-27,34-35,37,46,50H,20,22-25H2,1-4H3,(H,42,48)/t34-,35+,37-/m0/s1. The number of sulfonamides is 1. The minimum Gasteiger partial charge on any atom is -0.411 e. The Labute approximate surface area is 310 Å². The minimum atomic E-state index is -4.11. The van der Waals surface area contributed by atoms with E-state index in [9.17, 15) is 27.9 Å². The van der Waals surface area contributed by atoms with Crippen molar-refractivity contribution in [2.45, 2.75) is 63.7 Å². The molecular formula is C39H46N6O7S. The number of amides is 4. The number of para-hydroxylation sites is 1. The molecule has 3 atom stereocenters. The number of nitrogens with zero attached hydrogens (tertiary/aromatic N) is 5. The van der Waals surface area contributed by atoms with Crippen molar-refractivity contribution in [1.82, 2.24) is 24.4 Å². The molecule has 1 aliphatic rings. The van der Waals surface area contributed by atoms with E-state index in [0.717, 1.165) is 21.4 Å². The maximum atomic E-state index is 14.2. The molecule has 0 bridgehead atoms. The number of carbonyl (C=O) groups is 3. The Morgan fingerprint density at radius 1 is 0.943 bits per heavy atom. The van der Waals surface area contributed by atoms with Gasteiger partial charge in [-0.3, -0.25) is 19.5 Å². The lowest BCUT2D eigenvalue weighted by atomic mass is 9.97. The molecule has 4 amide bonds. The number of urea groups is 1. The van der Waals surface area contributed by atoms with Gasteiger partial charge in [0.05, 0.1) is 41.0 Å². The lowest BCUT2D eigenvalue weighted by molar-refractivity contribution is -0.129. The highest BCUT2D eigenvalue weighted by Crippen LogP contribution is 2.24. The number of nitrogens with one attached hydrogen (secondary N) is 1. The number of carbonyl (C=O) groups excluding carboxylic acids is 3. The third kappa shape index (κ3) is 9.44. The molecule has 13 nitrogen and oxygen atoms in total. The van der Waals surface area contributed by atoms with E-state index < -0.39 is 52.0 Å². The van der Waals surface area contributed by atoms with Crippen molar-refractivity contribution in [3.63, 3.8) is 0 Å². The van der Waals surface area contributed by atoms with Crippen LogP contribution in [0.3, 0.4) is 0 Å². The van der Waals surface area contributed by atoms with Crippen molar-refractivity contribution >= 4 is 45.0 Å². The van der Waals surface area contributed by atoms with E-state index in [2.05, 4.69) is 15.5 Å². The quantitative estimate of drug-likeness (QED) is 0.0661. The minimum absolute atomic E-state index is 0.00962. The fourth-order valence-corrected chi connectivity index (χ4v) is 8.09. The van der Waals surface area contributed by atoms with Gasteiger partial charge >= 0.3 is 6.03 Å². The van der Waals surface area contributed by atoms with Crippen molar-refractivity contribution in [2.75, 3.05) is 19.6 Å². The number of hydrogen-bond acceptors (Lipinski definition) is 9. The van der Waals surface area contributed by atoms with Crippen LogP contribution in [-0.2, 0) is 32.6 Å². The third-order valence-corrected chi connectivity index (χ3v) is 10.9. The summed E-state index contributed by atoms with van der Waals surface area (Å²) < 4.78 is 29.0. The molecule has 53 heavy (non-hydrogen) atoms. The van der Waals surface area contributed by atoms with Gasteiger partial charge in [0.15, 0.2) is 0 Å². The zero-order valence-electron chi connectivity index (χ0n) is 30.2. The highest BCUT2D eigenvalue weighted by atomic mass is 32.2. The second-order valence-corrected chi connectivity index (χ2v) is 15.9. The zero-order chi connectivity index (χ0) is 38.3. The largest absolute Gasteiger partial charge is 0.411 e.